The molecule has 1 aromatic rings. The van der Waals surface area contributed by atoms with E-state index in [1.54, 1.807) is 6.92 Å². The van der Waals surface area contributed by atoms with E-state index in [1.165, 1.54) is 0 Å². The van der Waals surface area contributed by atoms with Gasteiger partial charge in [-0.1, -0.05) is 24.3 Å². The first-order valence-corrected chi connectivity index (χ1v) is 9.31. The highest BCUT2D eigenvalue weighted by Crippen LogP contribution is 2.22. The smallest absolute Gasteiger partial charge is 0.308 e. The van der Waals surface area contributed by atoms with Crippen molar-refractivity contribution < 1.29 is 14.3 Å². The standard InChI is InChI=1S/C20H30N2O3/c1-3-25-20(24)14-18(17-7-5-4-6-15(17)2)22-19(23)9-8-16-10-12-21-13-11-16/h4-7,16,18,21H,3,8-14H2,1-2H3,(H,22,23). The van der Waals surface area contributed by atoms with Crippen LogP contribution in [-0.2, 0) is 14.3 Å². The Kier molecular flexibility index (Phi) is 7.92. The topological polar surface area (TPSA) is 67.4 Å². The molecule has 1 unspecified atom stereocenters. The van der Waals surface area contributed by atoms with Crippen molar-refractivity contribution >= 4 is 11.9 Å². The summed E-state index contributed by atoms with van der Waals surface area (Å²) < 4.78 is 5.07. The first kappa shape index (κ1) is 19.4. The summed E-state index contributed by atoms with van der Waals surface area (Å²) in [5, 5.41) is 6.39. The molecule has 0 radical (unpaired) electrons. The van der Waals surface area contributed by atoms with E-state index in [2.05, 4.69) is 10.6 Å². The first-order valence-electron chi connectivity index (χ1n) is 9.31. The third-order valence-corrected chi connectivity index (χ3v) is 4.81. The van der Waals surface area contributed by atoms with E-state index in [0.717, 1.165) is 43.5 Å². The maximum Gasteiger partial charge on any atom is 0.308 e. The highest BCUT2D eigenvalue weighted by molar-refractivity contribution is 5.78. The van der Waals surface area contributed by atoms with Crippen molar-refractivity contribution in [2.75, 3.05) is 19.7 Å². The molecule has 0 aliphatic carbocycles. The lowest BCUT2D eigenvalue weighted by Gasteiger charge is -2.23. The molecule has 1 saturated heterocycles. The van der Waals surface area contributed by atoms with Crippen molar-refractivity contribution in [2.45, 2.75) is 52.0 Å². The number of hydrogen-bond acceptors (Lipinski definition) is 4. The molecule has 0 aromatic heterocycles. The van der Waals surface area contributed by atoms with Crippen LogP contribution in [0.5, 0.6) is 0 Å². The van der Waals surface area contributed by atoms with E-state index < -0.39 is 0 Å². The molecule has 5 nitrogen and oxygen atoms in total. The van der Waals surface area contributed by atoms with Crippen LogP contribution in [0.3, 0.4) is 0 Å². The number of ether oxygens (including phenoxy) is 1. The number of rotatable bonds is 8. The molecule has 2 rings (SSSR count). The van der Waals surface area contributed by atoms with E-state index in [-0.39, 0.29) is 24.3 Å². The molecular weight excluding hydrogens is 316 g/mol. The fourth-order valence-electron chi connectivity index (χ4n) is 3.38. The molecule has 1 atom stereocenters. The second-order valence-corrected chi connectivity index (χ2v) is 6.72. The molecule has 1 heterocycles. The molecule has 1 fully saturated rings. The maximum absolute atomic E-state index is 12.4. The van der Waals surface area contributed by atoms with Gasteiger partial charge in [-0.05, 0) is 63.2 Å². The number of carbonyl (C=O) groups excluding carboxylic acids is 2. The molecule has 0 spiro atoms. The van der Waals surface area contributed by atoms with Crippen LogP contribution >= 0.6 is 0 Å². The Bertz CT molecular complexity index is 568. The number of nitrogens with one attached hydrogen (secondary N) is 2. The largest absolute Gasteiger partial charge is 0.466 e. The molecule has 1 aliphatic rings. The van der Waals surface area contributed by atoms with Crippen LogP contribution in [0.4, 0.5) is 0 Å². The highest BCUT2D eigenvalue weighted by Gasteiger charge is 2.21. The van der Waals surface area contributed by atoms with Gasteiger partial charge in [-0.15, -0.1) is 0 Å². The summed E-state index contributed by atoms with van der Waals surface area (Å²) in [6.45, 7) is 6.22. The second-order valence-electron chi connectivity index (χ2n) is 6.72. The molecule has 5 heteroatoms. The summed E-state index contributed by atoms with van der Waals surface area (Å²) in [4.78, 5) is 24.4. The summed E-state index contributed by atoms with van der Waals surface area (Å²) in [7, 11) is 0. The van der Waals surface area contributed by atoms with Gasteiger partial charge in [0, 0.05) is 6.42 Å². The van der Waals surface area contributed by atoms with Gasteiger partial charge < -0.3 is 15.4 Å². The zero-order chi connectivity index (χ0) is 18.1. The third-order valence-electron chi connectivity index (χ3n) is 4.81. The Labute approximate surface area is 150 Å². The van der Waals surface area contributed by atoms with Gasteiger partial charge in [0.2, 0.25) is 5.91 Å². The Morgan fingerprint density at radius 2 is 2.00 bits per heavy atom. The first-order chi connectivity index (χ1) is 12.1. The summed E-state index contributed by atoms with van der Waals surface area (Å²) in [6, 6.07) is 7.52. The molecule has 0 bridgehead atoms. The van der Waals surface area contributed by atoms with Gasteiger partial charge in [0.15, 0.2) is 0 Å². The normalized spacial score (nSPS) is 16.2. The monoisotopic (exact) mass is 346 g/mol. The van der Waals surface area contributed by atoms with Gasteiger partial charge >= 0.3 is 5.97 Å². The Morgan fingerprint density at radius 3 is 2.68 bits per heavy atom. The Balaban J connectivity index is 1.95. The van der Waals surface area contributed by atoms with E-state index in [9.17, 15) is 9.59 Å². The highest BCUT2D eigenvalue weighted by atomic mass is 16.5. The predicted molar refractivity (Wildman–Crippen MR) is 98.1 cm³/mol. The van der Waals surface area contributed by atoms with Crippen LogP contribution < -0.4 is 10.6 Å². The number of hydrogen-bond donors (Lipinski definition) is 2. The van der Waals surface area contributed by atoms with Crippen molar-refractivity contribution in [2.24, 2.45) is 5.92 Å². The second kappa shape index (κ2) is 10.2. The van der Waals surface area contributed by atoms with Crippen molar-refractivity contribution in [3.8, 4) is 0 Å². The summed E-state index contributed by atoms with van der Waals surface area (Å²) >= 11 is 0. The summed E-state index contributed by atoms with van der Waals surface area (Å²) in [5.74, 6) is 0.347. The fourth-order valence-corrected chi connectivity index (χ4v) is 3.38. The number of aryl methyl sites for hydroxylation is 1. The van der Waals surface area contributed by atoms with E-state index >= 15 is 0 Å². The van der Waals surface area contributed by atoms with Crippen molar-refractivity contribution in [1.29, 1.82) is 0 Å². The molecule has 1 aromatic carbocycles. The van der Waals surface area contributed by atoms with Crippen LogP contribution in [0.1, 0.15) is 56.2 Å². The maximum atomic E-state index is 12.4. The van der Waals surface area contributed by atoms with E-state index in [1.807, 2.05) is 31.2 Å². The average molecular weight is 346 g/mol. The lowest BCUT2D eigenvalue weighted by molar-refractivity contribution is -0.143. The quantitative estimate of drug-likeness (QED) is 0.710. The lowest BCUT2D eigenvalue weighted by Crippen LogP contribution is -2.32. The zero-order valence-corrected chi connectivity index (χ0v) is 15.3. The molecule has 25 heavy (non-hydrogen) atoms. The molecule has 1 aliphatic heterocycles. The summed E-state index contributed by atoms with van der Waals surface area (Å²) in [6.07, 6.45) is 3.86. The van der Waals surface area contributed by atoms with E-state index in [0.29, 0.717) is 18.9 Å². The molecule has 138 valence electrons. The Hall–Kier alpha value is -1.88. The van der Waals surface area contributed by atoms with Crippen molar-refractivity contribution in [3.63, 3.8) is 0 Å². The van der Waals surface area contributed by atoms with Crippen molar-refractivity contribution in [1.82, 2.24) is 10.6 Å². The van der Waals surface area contributed by atoms with Crippen LogP contribution in [0.2, 0.25) is 0 Å². The zero-order valence-electron chi connectivity index (χ0n) is 15.3. The number of benzene rings is 1. The van der Waals surface area contributed by atoms with Gasteiger partial charge in [0.1, 0.15) is 0 Å². The fraction of sp³-hybridized carbons (Fsp3) is 0.600. The van der Waals surface area contributed by atoms with Crippen LogP contribution in [0, 0.1) is 12.8 Å². The number of piperidine rings is 1. The predicted octanol–water partition coefficient (Wildman–Crippen LogP) is 2.89. The minimum atomic E-state index is -0.333. The van der Waals surface area contributed by atoms with Gasteiger partial charge in [0.05, 0.1) is 19.1 Å². The number of carbonyl (C=O) groups is 2. The van der Waals surface area contributed by atoms with Gasteiger partial charge in [-0.3, -0.25) is 9.59 Å². The molecular formula is C20H30N2O3. The number of esters is 1. The molecule has 2 N–H and O–H groups in total. The van der Waals surface area contributed by atoms with Crippen LogP contribution in [0.15, 0.2) is 24.3 Å². The molecule has 1 amide bonds. The SMILES string of the molecule is CCOC(=O)CC(NC(=O)CCC1CCNCC1)c1ccccc1C. The molecule has 0 saturated carbocycles. The average Bonchev–Trinajstić information content (AvgIpc) is 2.61. The minimum Gasteiger partial charge on any atom is -0.466 e. The summed E-state index contributed by atoms with van der Waals surface area (Å²) in [5.41, 5.74) is 2.04. The van der Waals surface area contributed by atoms with Crippen molar-refractivity contribution in [3.05, 3.63) is 35.4 Å². The van der Waals surface area contributed by atoms with Gasteiger partial charge in [-0.2, -0.15) is 0 Å². The van der Waals surface area contributed by atoms with Gasteiger partial charge in [0.25, 0.3) is 0 Å². The Morgan fingerprint density at radius 1 is 1.28 bits per heavy atom. The van der Waals surface area contributed by atoms with E-state index in [4.69, 9.17) is 4.74 Å². The minimum absolute atomic E-state index is 0.0103. The third kappa shape index (κ3) is 6.50. The number of amides is 1. The van der Waals surface area contributed by atoms with Crippen LogP contribution in [-0.4, -0.2) is 31.6 Å². The van der Waals surface area contributed by atoms with Gasteiger partial charge in [-0.25, -0.2) is 0 Å². The van der Waals surface area contributed by atoms with Crippen LogP contribution in [0.25, 0.3) is 0 Å². The lowest BCUT2D eigenvalue weighted by atomic mass is 9.93.